The van der Waals surface area contributed by atoms with Crippen LogP contribution in [-0.4, -0.2) is 52.4 Å². The zero-order chi connectivity index (χ0) is 19.1. The Bertz CT molecular complexity index is 907. The van der Waals surface area contributed by atoms with E-state index in [1.165, 1.54) is 17.5 Å². The average molecular weight is 372 g/mol. The molecule has 3 aliphatic heterocycles. The van der Waals surface area contributed by atoms with Crippen molar-refractivity contribution in [2.24, 2.45) is 5.92 Å². The number of carbonyl (C=O) groups is 1. The Morgan fingerprint density at radius 3 is 2.46 bits per heavy atom. The molecule has 2 bridgehead atoms. The van der Waals surface area contributed by atoms with Crippen molar-refractivity contribution in [2.45, 2.75) is 37.8 Å². The summed E-state index contributed by atoms with van der Waals surface area (Å²) in [4.78, 5) is 21.9. The third-order valence-corrected chi connectivity index (χ3v) is 6.67. The van der Waals surface area contributed by atoms with Gasteiger partial charge in [0.05, 0.1) is 5.56 Å². The van der Waals surface area contributed by atoms with Crippen LogP contribution in [0.1, 0.15) is 40.0 Å². The summed E-state index contributed by atoms with van der Waals surface area (Å²) in [5.41, 5.74) is 3.91. The quantitative estimate of drug-likeness (QED) is 0.813. The summed E-state index contributed by atoms with van der Waals surface area (Å²) < 4.78 is 0. The van der Waals surface area contributed by atoms with Gasteiger partial charge in [0, 0.05) is 37.9 Å². The van der Waals surface area contributed by atoms with Crippen molar-refractivity contribution in [3.8, 4) is 6.07 Å². The van der Waals surface area contributed by atoms with Crippen LogP contribution in [0.15, 0.2) is 42.6 Å². The SMILES string of the molecule is N#Cc1ccc(C(=O)N2CC3CCC2CN(C2Cc4ccccc4C2)C3)cn1. The topological polar surface area (TPSA) is 60.2 Å². The monoisotopic (exact) mass is 372 g/mol. The fourth-order valence-corrected chi connectivity index (χ4v) is 5.21. The number of nitrogens with zero attached hydrogens (tertiary/aromatic N) is 4. The lowest BCUT2D eigenvalue weighted by atomic mass is 9.94. The standard InChI is InChI=1S/C23H24N4O/c24-11-20-7-6-19(12-25-20)23(28)27-14-16-5-8-21(27)15-26(13-16)22-9-17-3-1-2-4-18(17)10-22/h1-4,6-7,12,16,21-22H,5,8-10,13-15H2. The number of benzene rings is 1. The largest absolute Gasteiger partial charge is 0.334 e. The van der Waals surface area contributed by atoms with Gasteiger partial charge >= 0.3 is 0 Å². The van der Waals surface area contributed by atoms with Gasteiger partial charge in [0.25, 0.3) is 5.91 Å². The number of nitriles is 1. The maximum Gasteiger partial charge on any atom is 0.255 e. The van der Waals surface area contributed by atoms with E-state index < -0.39 is 0 Å². The maximum absolute atomic E-state index is 13.1. The third kappa shape index (κ3) is 3.08. The molecule has 2 atom stereocenters. The summed E-state index contributed by atoms with van der Waals surface area (Å²) in [5, 5.41) is 8.92. The molecule has 4 heterocycles. The van der Waals surface area contributed by atoms with Gasteiger partial charge in [-0.25, -0.2) is 4.98 Å². The molecule has 1 aromatic heterocycles. The molecule has 3 fully saturated rings. The van der Waals surface area contributed by atoms with E-state index in [-0.39, 0.29) is 11.9 Å². The zero-order valence-corrected chi connectivity index (χ0v) is 15.9. The fraction of sp³-hybridized carbons (Fsp3) is 0.435. The van der Waals surface area contributed by atoms with E-state index in [2.05, 4.69) is 39.0 Å². The Morgan fingerprint density at radius 1 is 1.00 bits per heavy atom. The van der Waals surface area contributed by atoms with Gasteiger partial charge in [-0.3, -0.25) is 9.69 Å². The zero-order valence-electron chi connectivity index (χ0n) is 15.9. The van der Waals surface area contributed by atoms with E-state index in [0.717, 1.165) is 38.9 Å². The smallest absolute Gasteiger partial charge is 0.255 e. The molecule has 4 aliphatic rings. The Balaban J connectivity index is 1.33. The number of hydrogen-bond acceptors (Lipinski definition) is 4. The number of amides is 1. The highest BCUT2D eigenvalue weighted by atomic mass is 16.2. The van der Waals surface area contributed by atoms with Gasteiger partial charge in [-0.05, 0) is 54.9 Å². The molecule has 1 amide bonds. The highest BCUT2D eigenvalue weighted by Crippen LogP contribution is 2.33. The van der Waals surface area contributed by atoms with E-state index in [9.17, 15) is 4.79 Å². The van der Waals surface area contributed by atoms with Gasteiger partial charge in [0.1, 0.15) is 11.8 Å². The molecule has 0 N–H and O–H groups in total. The molecule has 2 aromatic rings. The lowest BCUT2D eigenvalue weighted by molar-refractivity contribution is 0.0581. The van der Waals surface area contributed by atoms with E-state index in [1.54, 1.807) is 18.3 Å². The molecule has 1 aromatic carbocycles. The van der Waals surface area contributed by atoms with Crippen molar-refractivity contribution < 1.29 is 4.79 Å². The first kappa shape index (κ1) is 17.4. The second-order valence-corrected chi connectivity index (χ2v) is 8.38. The maximum atomic E-state index is 13.1. The van der Waals surface area contributed by atoms with Crippen molar-refractivity contribution in [3.63, 3.8) is 0 Å². The molecule has 3 saturated heterocycles. The Labute approximate surface area is 165 Å². The molecule has 0 saturated carbocycles. The number of piperidine rings is 1. The van der Waals surface area contributed by atoms with Crippen LogP contribution in [0.3, 0.4) is 0 Å². The average Bonchev–Trinajstić information content (AvgIpc) is 2.96. The van der Waals surface area contributed by atoms with E-state index >= 15 is 0 Å². The molecule has 2 unspecified atom stereocenters. The summed E-state index contributed by atoms with van der Waals surface area (Å²) >= 11 is 0. The normalized spacial score (nSPS) is 24.6. The van der Waals surface area contributed by atoms with E-state index in [0.29, 0.717) is 23.2 Å². The second kappa shape index (κ2) is 7.03. The van der Waals surface area contributed by atoms with Crippen LogP contribution >= 0.6 is 0 Å². The van der Waals surface area contributed by atoms with E-state index in [4.69, 9.17) is 5.26 Å². The number of aromatic nitrogens is 1. The predicted octanol–water partition coefficient (Wildman–Crippen LogP) is 2.66. The molecule has 0 radical (unpaired) electrons. The van der Waals surface area contributed by atoms with Crippen molar-refractivity contribution in [3.05, 3.63) is 65.0 Å². The Kier molecular flexibility index (Phi) is 4.37. The molecular weight excluding hydrogens is 348 g/mol. The van der Waals surface area contributed by atoms with Crippen molar-refractivity contribution in [2.75, 3.05) is 19.6 Å². The van der Waals surface area contributed by atoms with Gasteiger partial charge in [0.2, 0.25) is 0 Å². The van der Waals surface area contributed by atoms with Gasteiger partial charge in [-0.2, -0.15) is 5.26 Å². The van der Waals surface area contributed by atoms with Crippen molar-refractivity contribution in [1.82, 2.24) is 14.8 Å². The molecule has 5 heteroatoms. The number of pyridine rings is 1. The van der Waals surface area contributed by atoms with Gasteiger partial charge in [-0.15, -0.1) is 0 Å². The molecule has 5 nitrogen and oxygen atoms in total. The van der Waals surface area contributed by atoms with Crippen LogP contribution in [-0.2, 0) is 12.8 Å². The van der Waals surface area contributed by atoms with Gasteiger partial charge in [0.15, 0.2) is 0 Å². The molecular formula is C23H24N4O. The first-order chi connectivity index (χ1) is 13.7. The van der Waals surface area contributed by atoms with Crippen molar-refractivity contribution >= 4 is 5.91 Å². The highest BCUT2D eigenvalue weighted by molar-refractivity contribution is 5.94. The van der Waals surface area contributed by atoms with Gasteiger partial charge < -0.3 is 4.90 Å². The van der Waals surface area contributed by atoms with Crippen LogP contribution in [0, 0.1) is 17.2 Å². The van der Waals surface area contributed by atoms with Crippen LogP contribution in [0.4, 0.5) is 0 Å². The Hall–Kier alpha value is -2.71. The highest BCUT2D eigenvalue weighted by Gasteiger charge is 2.40. The predicted molar refractivity (Wildman–Crippen MR) is 106 cm³/mol. The number of fused-ring (bicyclic) bond motifs is 5. The minimum Gasteiger partial charge on any atom is -0.334 e. The second-order valence-electron chi connectivity index (χ2n) is 8.38. The molecule has 6 rings (SSSR count). The summed E-state index contributed by atoms with van der Waals surface area (Å²) in [5.74, 6) is 0.598. The number of carbonyl (C=O) groups excluding carboxylic acids is 1. The summed E-state index contributed by atoms with van der Waals surface area (Å²) in [7, 11) is 0. The third-order valence-electron chi connectivity index (χ3n) is 6.67. The summed E-state index contributed by atoms with van der Waals surface area (Å²) in [6.07, 6.45) is 6.09. The fourth-order valence-electron chi connectivity index (χ4n) is 5.21. The first-order valence-corrected chi connectivity index (χ1v) is 10.2. The minimum atomic E-state index is 0.0586. The minimum absolute atomic E-state index is 0.0586. The van der Waals surface area contributed by atoms with Crippen LogP contribution < -0.4 is 0 Å². The molecule has 28 heavy (non-hydrogen) atoms. The van der Waals surface area contributed by atoms with Crippen LogP contribution in [0.5, 0.6) is 0 Å². The molecule has 0 spiro atoms. The number of rotatable bonds is 2. The summed E-state index contributed by atoms with van der Waals surface area (Å²) in [6, 6.07) is 15.0. The summed E-state index contributed by atoms with van der Waals surface area (Å²) in [6.45, 7) is 2.88. The molecule has 1 aliphatic carbocycles. The van der Waals surface area contributed by atoms with Crippen molar-refractivity contribution in [1.29, 1.82) is 5.26 Å². The lowest BCUT2D eigenvalue weighted by Gasteiger charge is -2.36. The van der Waals surface area contributed by atoms with E-state index in [1.807, 2.05) is 6.07 Å². The van der Waals surface area contributed by atoms with Crippen LogP contribution in [0.25, 0.3) is 0 Å². The van der Waals surface area contributed by atoms with Gasteiger partial charge in [-0.1, -0.05) is 24.3 Å². The lowest BCUT2D eigenvalue weighted by Crippen LogP contribution is -2.48. The number of hydrogen-bond donors (Lipinski definition) is 0. The van der Waals surface area contributed by atoms with Crippen LogP contribution in [0.2, 0.25) is 0 Å². The Morgan fingerprint density at radius 2 is 1.79 bits per heavy atom. The first-order valence-electron chi connectivity index (χ1n) is 10.2. The molecule has 142 valence electrons.